The quantitative estimate of drug-likeness (QED) is 0.478. The molecule has 0 radical (unpaired) electrons. The molecule has 0 saturated heterocycles. The summed E-state index contributed by atoms with van der Waals surface area (Å²) in [6.45, 7) is 0.406. The Hall–Kier alpha value is -2.53. The fourth-order valence-electron chi connectivity index (χ4n) is 1.74. The van der Waals surface area contributed by atoms with Crippen molar-refractivity contribution in [1.29, 1.82) is 0 Å². The molecule has 2 aromatic carbocycles. The smallest absolute Gasteiger partial charge is 0.252 e. The highest BCUT2D eigenvalue weighted by Gasteiger charge is 2.12. The molecule has 104 valence electrons. The van der Waals surface area contributed by atoms with Crippen LogP contribution in [0.4, 0.5) is 5.69 Å². The summed E-state index contributed by atoms with van der Waals surface area (Å²) in [5, 5.41) is 0. The molecule has 2 rings (SSSR count). The van der Waals surface area contributed by atoms with E-state index in [1.165, 1.54) is 0 Å². The predicted molar refractivity (Wildman–Crippen MR) is 76.1 cm³/mol. The average molecular weight is 272 g/mol. The van der Waals surface area contributed by atoms with Gasteiger partial charge in [-0.05, 0) is 17.7 Å². The summed E-state index contributed by atoms with van der Waals surface area (Å²) in [6.07, 6.45) is 0. The molecule has 0 fully saturated rings. The molecular formula is C15H16N2O3. The highest BCUT2D eigenvalue weighted by molar-refractivity contribution is 5.97. The summed E-state index contributed by atoms with van der Waals surface area (Å²) < 4.78 is 10.8. The number of hydrogen-bond acceptors (Lipinski definition) is 4. The van der Waals surface area contributed by atoms with Crippen LogP contribution in [0.2, 0.25) is 0 Å². The highest BCUT2D eigenvalue weighted by atomic mass is 16.7. The van der Waals surface area contributed by atoms with Gasteiger partial charge in [-0.25, -0.2) is 0 Å². The summed E-state index contributed by atoms with van der Waals surface area (Å²) in [6, 6.07) is 14.5. The number of primary amides is 1. The Morgan fingerprint density at radius 3 is 2.50 bits per heavy atom. The number of nitrogen functional groups attached to an aromatic ring is 1. The number of amides is 1. The van der Waals surface area contributed by atoms with Crippen molar-refractivity contribution in [2.75, 3.05) is 12.5 Å². The molecule has 0 unspecified atom stereocenters. The van der Waals surface area contributed by atoms with Crippen molar-refractivity contribution < 1.29 is 14.3 Å². The van der Waals surface area contributed by atoms with Gasteiger partial charge in [0.05, 0.1) is 17.9 Å². The first kappa shape index (κ1) is 13.9. The first-order valence-corrected chi connectivity index (χ1v) is 6.11. The zero-order valence-corrected chi connectivity index (χ0v) is 10.9. The van der Waals surface area contributed by atoms with Crippen molar-refractivity contribution in [2.45, 2.75) is 6.61 Å². The number of nitrogens with two attached hydrogens (primary N) is 2. The van der Waals surface area contributed by atoms with Gasteiger partial charge in [0.15, 0.2) is 12.5 Å². The number of para-hydroxylation sites is 1. The van der Waals surface area contributed by atoms with Crippen LogP contribution in [-0.2, 0) is 11.3 Å². The Morgan fingerprint density at radius 1 is 1.05 bits per heavy atom. The number of rotatable bonds is 6. The Labute approximate surface area is 117 Å². The number of ether oxygens (including phenoxy) is 2. The lowest BCUT2D eigenvalue weighted by Gasteiger charge is -2.12. The van der Waals surface area contributed by atoms with Gasteiger partial charge in [0.2, 0.25) is 0 Å². The second-order valence-corrected chi connectivity index (χ2v) is 4.18. The maximum Gasteiger partial charge on any atom is 0.252 e. The molecule has 0 heterocycles. The van der Waals surface area contributed by atoms with E-state index in [2.05, 4.69) is 0 Å². The van der Waals surface area contributed by atoms with E-state index in [-0.39, 0.29) is 18.1 Å². The third kappa shape index (κ3) is 3.49. The van der Waals surface area contributed by atoms with Crippen LogP contribution in [0.5, 0.6) is 5.75 Å². The average Bonchev–Trinajstić information content (AvgIpc) is 2.45. The molecule has 0 spiro atoms. The van der Waals surface area contributed by atoms with Crippen molar-refractivity contribution in [1.82, 2.24) is 0 Å². The van der Waals surface area contributed by atoms with Gasteiger partial charge in [-0.3, -0.25) is 4.79 Å². The minimum atomic E-state index is -0.588. The van der Waals surface area contributed by atoms with Crippen LogP contribution in [0.3, 0.4) is 0 Å². The molecule has 5 heteroatoms. The second kappa shape index (κ2) is 6.58. The largest absolute Gasteiger partial charge is 0.465 e. The van der Waals surface area contributed by atoms with Gasteiger partial charge in [-0.2, -0.15) is 0 Å². The summed E-state index contributed by atoms with van der Waals surface area (Å²) in [7, 11) is 0. The Kier molecular flexibility index (Phi) is 4.57. The molecule has 0 aliphatic carbocycles. The van der Waals surface area contributed by atoms with Crippen LogP contribution in [0.25, 0.3) is 0 Å². The molecule has 20 heavy (non-hydrogen) atoms. The van der Waals surface area contributed by atoms with Crippen molar-refractivity contribution in [3.05, 3.63) is 59.7 Å². The van der Waals surface area contributed by atoms with Gasteiger partial charge in [0, 0.05) is 0 Å². The Bertz CT molecular complexity index is 585. The van der Waals surface area contributed by atoms with Gasteiger partial charge >= 0.3 is 0 Å². The monoisotopic (exact) mass is 272 g/mol. The maximum absolute atomic E-state index is 11.3. The van der Waals surface area contributed by atoms with Crippen molar-refractivity contribution >= 4 is 11.6 Å². The fourth-order valence-corrected chi connectivity index (χ4v) is 1.74. The maximum atomic E-state index is 11.3. The highest BCUT2D eigenvalue weighted by Crippen LogP contribution is 2.25. The van der Waals surface area contributed by atoms with E-state index >= 15 is 0 Å². The zero-order valence-electron chi connectivity index (χ0n) is 10.9. The number of hydrogen-bond donors (Lipinski definition) is 2. The van der Waals surface area contributed by atoms with E-state index in [9.17, 15) is 4.79 Å². The topological polar surface area (TPSA) is 87.6 Å². The van der Waals surface area contributed by atoms with Gasteiger partial charge in [0.1, 0.15) is 0 Å². The molecule has 5 nitrogen and oxygen atoms in total. The van der Waals surface area contributed by atoms with Crippen LogP contribution in [0.15, 0.2) is 48.5 Å². The molecule has 4 N–H and O–H groups in total. The fraction of sp³-hybridized carbons (Fsp3) is 0.133. The summed E-state index contributed by atoms with van der Waals surface area (Å²) in [5.74, 6) is -0.330. The SMILES string of the molecule is NC(=O)c1cccc(N)c1OCOCc1ccccc1. The molecule has 0 atom stereocenters. The van der Waals surface area contributed by atoms with Crippen LogP contribution in [0.1, 0.15) is 15.9 Å². The number of anilines is 1. The van der Waals surface area contributed by atoms with Crippen LogP contribution in [0, 0.1) is 0 Å². The molecule has 1 amide bonds. The third-order valence-corrected chi connectivity index (χ3v) is 2.71. The van der Waals surface area contributed by atoms with Crippen LogP contribution >= 0.6 is 0 Å². The Balaban J connectivity index is 1.93. The van der Waals surface area contributed by atoms with Gasteiger partial charge < -0.3 is 20.9 Å². The first-order chi connectivity index (χ1) is 9.68. The number of carbonyl (C=O) groups excluding carboxylic acids is 1. The van der Waals surface area contributed by atoms with E-state index in [1.807, 2.05) is 30.3 Å². The van der Waals surface area contributed by atoms with Gasteiger partial charge in [-0.1, -0.05) is 36.4 Å². The molecule has 0 aliphatic rings. The van der Waals surface area contributed by atoms with Crippen molar-refractivity contribution in [3.8, 4) is 5.75 Å². The van der Waals surface area contributed by atoms with Crippen molar-refractivity contribution in [2.24, 2.45) is 5.73 Å². The lowest BCUT2D eigenvalue weighted by Crippen LogP contribution is -2.15. The summed E-state index contributed by atoms with van der Waals surface area (Å²) in [5.41, 5.74) is 12.7. The third-order valence-electron chi connectivity index (χ3n) is 2.71. The van der Waals surface area contributed by atoms with E-state index in [0.29, 0.717) is 12.3 Å². The van der Waals surface area contributed by atoms with Crippen molar-refractivity contribution in [3.63, 3.8) is 0 Å². The Morgan fingerprint density at radius 2 is 1.80 bits per heavy atom. The first-order valence-electron chi connectivity index (χ1n) is 6.11. The summed E-state index contributed by atoms with van der Waals surface area (Å²) >= 11 is 0. The zero-order chi connectivity index (χ0) is 14.4. The van der Waals surface area contributed by atoms with Gasteiger partial charge in [0.25, 0.3) is 5.91 Å². The minimum Gasteiger partial charge on any atom is -0.465 e. The predicted octanol–water partition coefficient (Wildman–Crippen LogP) is 1.92. The molecule has 0 saturated carbocycles. The van der Waals surface area contributed by atoms with E-state index in [1.54, 1.807) is 18.2 Å². The van der Waals surface area contributed by atoms with Crippen LogP contribution in [-0.4, -0.2) is 12.7 Å². The van der Waals surface area contributed by atoms with E-state index < -0.39 is 5.91 Å². The normalized spacial score (nSPS) is 10.2. The molecule has 0 bridgehead atoms. The second-order valence-electron chi connectivity index (χ2n) is 4.18. The molecule has 0 aliphatic heterocycles. The van der Waals surface area contributed by atoms with E-state index in [4.69, 9.17) is 20.9 Å². The lowest BCUT2D eigenvalue weighted by molar-refractivity contribution is 0.00509. The van der Waals surface area contributed by atoms with Crippen LogP contribution < -0.4 is 16.2 Å². The summed E-state index contributed by atoms with van der Waals surface area (Å²) in [4.78, 5) is 11.3. The number of benzene rings is 2. The standard InChI is InChI=1S/C15H16N2O3/c16-13-8-4-7-12(15(17)18)14(13)20-10-19-9-11-5-2-1-3-6-11/h1-8H,9-10,16H2,(H2,17,18). The van der Waals surface area contributed by atoms with Gasteiger partial charge in [-0.15, -0.1) is 0 Å². The molecule has 2 aromatic rings. The number of carbonyl (C=O) groups is 1. The minimum absolute atomic E-state index is 0.0105. The molecular weight excluding hydrogens is 256 g/mol. The molecule has 0 aromatic heterocycles. The van der Waals surface area contributed by atoms with E-state index in [0.717, 1.165) is 5.56 Å². The lowest BCUT2D eigenvalue weighted by atomic mass is 10.1.